The van der Waals surface area contributed by atoms with Gasteiger partial charge in [-0.1, -0.05) is 23.7 Å². The molecule has 0 saturated carbocycles. The molecule has 0 aliphatic carbocycles. The van der Waals surface area contributed by atoms with Crippen LogP contribution in [0.4, 0.5) is 4.39 Å². The molecule has 0 spiro atoms. The summed E-state index contributed by atoms with van der Waals surface area (Å²) < 4.78 is 24.4. The zero-order valence-electron chi connectivity index (χ0n) is 18.0. The Hall–Kier alpha value is -3.10. The summed E-state index contributed by atoms with van der Waals surface area (Å²) in [6, 6.07) is 10.7. The van der Waals surface area contributed by atoms with E-state index < -0.39 is 17.8 Å². The van der Waals surface area contributed by atoms with E-state index in [1.54, 1.807) is 17.0 Å². The molecule has 2 bridgehead atoms. The number of nitrogens with zero attached hydrogens (tertiary/aromatic N) is 1. The molecule has 2 aliphatic heterocycles. The summed E-state index contributed by atoms with van der Waals surface area (Å²) in [5.74, 6) is -0.618. The first-order valence-electron chi connectivity index (χ1n) is 10.6. The van der Waals surface area contributed by atoms with Gasteiger partial charge in [0.2, 0.25) is 5.91 Å². The van der Waals surface area contributed by atoms with Crippen LogP contribution in [0.25, 0.3) is 5.57 Å². The highest BCUT2D eigenvalue weighted by Crippen LogP contribution is 2.34. The minimum absolute atomic E-state index is 0.00785. The molecule has 2 aromatic carbocycles. The number of hydrogen-bond donors (Lipinski definition) is 2. The van der Waals surface area contributed by atoms with Gasteiger partial charge in [-0.3, -0.25) is 4.79 Å². The Bertz CT molecular complexity index is 1090. The highest BCUT2D eigenvalue weighted by molar-refractivity contribution is 6.32. The predicted octanol–water partition coefficient (Wildman–Crippen LogP) is 3.37. The second-order valence-electron chi connectivity index (χ2n) is 8.04. The summed E-state index contributed by atoms with van der Waals surface area (Å²) in [6.07, 6.45) is 0.518. The Kier molecular flexibility index (Phi) is 6.85. The fourth-order valence-electron chi connectivity index (χ4n) is 4.28. The van der Waals surface area contributed by atoms with Gasteiger partial charge in [0.15, 0.2) is 0 Å². The lowest BCUT2D eigenvalue weighted by Crippen LogP contribution is -2.61. The van der Waals surface area contributed by atoms with Crippen LogP contribution in [0.1, 0.15) is 18.9 Å². The lowest BCUT2D eigenvalue weighted by atomic mass is 9.83. The number of aliphatic carboxylic acids is 1. The normalized spacial score (nSPS) is 19.9. The number of carboxylic acids is 1. The summed E-state index contributed by atoms with van der Waals surface area (Å²) in [7, 11) is 0. The second kappa shape index (κ2) is 9.80. The van der Waals surface area contributed by atoms with Crippen molar-refractivity contribution >= 4 is 29.1 Å². The molecule has 2 aliphatic rings. The van der Waals surface area contributed by atoms with E-state index in [-0.39, 0.29) is 30.9 Å². The van der Waals surface area contributed by atoms with Gasteiger partial charge in [0.05, 0.1) is 16.6 Å². The molecule has 9 heteroatoms. The van der Waals surface area contributed by atoms with Crippen LogP contribution in [0, 0.1) is 5.82 Å². The van der Waals surface area contributed by atoms with Gasteiger partial charge >= 0.3 is 5.97 Å². The van der Waals surface area contributed by atoms with Crippen molar-refractivity contribution in [3.05, 3.63) is 64.4 Å². The lowest BCUT2D eigenvalue weighted by molar-refractivity contribution is -0.135. The first kappa shape index (κ1) is 23.1. The number of fused-ring (bicyclic) bond motifs is 2. The smallest absolute Gasteiger partial charge is 0.333 e. The molecule has 0 aromatic heterocycles. The fourth-order valence-corrected chi connectivity index (χ4v) is 4.45. The number of carbonyl (C=O) groups is 2. The molecule has 2 heterocycles. The number of amides is 1. The van der Waals surface area contributed by atoms with Crippen molar-refractivity contribution in [1.29, 1.82) is 0 Å². The largest absolute Gasteiger partial charge is 0.490 e. The second-order valence-corrected chi connectivity index (χ2v) is 8.44. The van der Waals surface area contributed by atoms with Gasteiger partial charge in [0, 0.05) is 32.1 Å². The number of rotatable bonds is 7. The molecule has 1 fully saturated rings. The van der Waals surface area contributed by atoms with Crippen LogP contribution in [0.2, 0.25) is 5.02 Å². The first-order chi connectivity index (χ1) is 15.8. The van der Waals surface area contributed by atoms with E-state index in [1.165, 1.54) is 25.1 Å². The molecule has 2 aromatic rings. The minimum atomic E-state index is -0.986. The van der Waals surface area contributed by atoms with Crippen LogP contribution >= 0.6 is 11.6 Å². The van der Waals surface area contributed by atoms with E-state index in [2.05, 4.69) is 5.32 Å². The molecule has 2 atom stereocenters. The summed E-state index contributed by atoms with van der Waals surface area (Å²) >= 11 is 5.97. The number of piperazine rings is 1. The molecule has 4 rings (SSSR count). The highest BCUT2D eigenvalue weighted by Gasteiger charge is 2.39. The van der Waals surface area contributed by atoms with E-state index >= 15 is 0 Å². The topological polar surface area (TPSA) is 88.1 Å². The number of carbonyl (C=O) groups excluding carboxylic acids is 1. The van der Waals surface area contributed by atoms with Crippen molar-refractivity contribution < 1.29 is 28.6 Å². The van der Waals surface area contributed by atoms with Crippen molar-refractivity contribution in [2.45, 2.75) is 25.4 Å². The standard InChI is InChI=1S/C24H24ClFN2O5/c1-14(29)28-12-17-11-19(23(24(30)31)21(13-28)27-17)15-2-5-18(6-3-15)32-8-9-33-22-10-16(26)4-7-20(22)25/h2-7,10,17,21,27H,8-9,11-13H2,1H3,(H,30,31). The molecule has 1 saturated heterocycles. The van der Waals surface area contributed by atoms with E-state index in [1.807, 2.05) is 12.1 Å². The molecule has 2 N–H and O–H groups in total. The van der Waals surface area contributed by atoms with E-state index in [9.17, 15) is 19.1 Å². The average Bonchev–Trinajstić information content (AvgIpc) is 2.78. The molecule has 1 amide bonds. The van der Waals surface area contributed by atoms with Crippen molar-refractivity contribution in [2.75, 3.05) is 26.3 Å². The molecular formula is C24H24ClFN2O5. The van der Waals surface area contributed by atoms with Crippen molar-refractivity contribution in [2.24, 2.45) is 0 Å². The zero-order valence-corrected chi connectivity index (χ0v) is 18.8. The zero-order chi connectivity index (χ0) is 23.5. The van der Waals surface area contributed by atoms with E-state index in [0.29, 0.717) is 35.9 Å². The Morgan fingerprint density at radius 1 is 1.15 bits per heavy atom. The number of ether oxygens (including phenoxy) is 2. The minimum Gasteiger partial charge on any atom is -0.490 e. The van der Waals surface area contributed by atoms with Gasteiger partial charge in [0.25, 0.3) is 0 Å². The highest BCUT2D eigenvalue weighted by atomic mass is 35.5. The van der Waals surface area contributed by atoms with Crippen LogP contribution in [0.5, 0.6) is 11.5 Å². The summed E-state index contributed by atoms with van der Waals surface area (Å²) in [5, 5.41) is 13.5. The van der Waals surface area contributed by atoms with E-state index in [0.717, 1.165) is 11.1 Å². The quantitative estimate of drug-likeness (QED) is 0.598. The van der Waals surface area contributed by atoms with Gasteiger partial charge in [0.1, 0.15) is 30.5 Å². The third-order valence-electron chi connectivity index (χ3n) is 5.79. The Morgan fingerprint density at radius 3 is 2.58 bits per heavy atom. The maximum Gasteiger partial charge on any atom is 0.333 e. The maximum absolute atomic E-state index is 13.3. The average molecular weight is 475 g/mol. The van der Waals surface area contributed by atoms with Crippen LogP contribution in [0.3, 0.4) is 0 Å². The van der Waals surface area contributed by atoms with Crippen LogP contribution in [-0.4, -0.2) is 60.3 Å². The summed E-state index contributed by atoms with van der Waals surface area (Å²) in [6.45, 7) is 2.81. The van der Waals surface area contributed by atoms with Gasteiger partial charge in [-0.15, -0.1) is 0 Å². The Labute approximate surface area is 195 Å². The number of nitrogens with one attached hydrogen (secondary N) is 1. The molecule has 0 radical (unpaired) electrons. The summed E-state index contributed by atoms with van der Waals surface area (Å²) in [5.41, 5.74) is 1.89. The Balaban J connectivity index is 1.41. The number of hydrogen-bond acceptors (Lipinski definition) is 5. The number of benzene rings is 2. The Morgan fingerprint density at radius 2 is 1.88 bits per heavy atom. The van der Waals surface area contributed by atoms with Crippen LogP contribution in [0.15, 0.2) is 48.0 Å². The van der Waals surface area contributed by atoms with Gasteiger partial charge < -0.3 is 24.8 Å². The van der Waals surface area contributed by atoms with Crippen molar-refractivity contribution in [3.8, 4) is 11.5 Å². The molecule has 2 unspecified atom stereocenters. The van der Waals surface area contributed by atoms with Crippen LogP contribution in [-0.2, 0) is 9.59 Å². The van der Waals surface area contributed by atoms with E-state index in [4.69, 9.17) is 21.1 Å². The maximum atomic E-state index is 13.3. The van der Waals surface area contributed by atoms with Crippen molar-refractivity contribution in [1.82, 2.24) is 10.2 Å². The summed E-state index contributed by atoms with van der Waals surface area (Å²) in [4.78, 5) is 25.5. The van der Waals surface area contributed by atoms with Crippen molar-refractivity contribution in [3.63, 3.8) is 0 Å². The fraction of sp³-hybridized carbons (Fsp3) is 0.333. The van der Waals surface area contributed by atoms with Gasteiger partial charge in [-0.05, 0) is 41.8 Å². The monoisotopic (exact) mass is 474 g/mol. The first-order valence-corrected chi connectivity index (χ1v) is 11.0. The SMILES string of the molecule is CC(=O)N1CC2CC(c3ccc(OCCOc4cc(F)ccc4Cl)cc3)=C(C(=O)O)C(C1)N2. The third kappa shape index (κ3) is 5.29. The van der Waals surface area contributed by atoms with Gasteiger partial charge in [-0.25, -0.2) is 9.18 Å². The molecular weight excluding hydrogens is 451 g/mol. The number of halogens is 2. The van der Waals surface area contributed by atoms with Crippen LogP contribution < -0.4 is 14.8 Å². The van der Waals surface area contributed by atoms with Gasteiger partial charge in [-0.2, -0.15) is 0 Å². The third-order valence-corrected chi connectivity index (χ3v) is 6.10. The number of carboxylic acid groups (broad SMARTS) is 1. The predicted molar refractivity (Wildman–Crippen MR) is 121 cm³/mol. The molecule has 7 nitrogen and oxygen atoms in total. The molecule has 174 valence electrons. The lowest BCUT2D eigenvalue weighted by Gasteiger charge is -2.43. The molecule has 33 heavy (non-hydrogen) atoms.